The molecule has 11 heavy (non-hydrogen) atoms. The van der Waals surface area contributed by atoms with Crippen molar-refractivity contribution in [1.29, 1.82) is 0 Å². The molecule has 1 aromatic heterocycles. The standard InChI is InChI=1S/C6H5N3O2/c1-7-4-3-5(10)8-6(11)9(4)2/h3H,2H3,(H,8,10,11). The van der Waals surface area contributed by atoms with Crippen LogP contribution in [0.3, 0.4) is 0 Å². The zero-order valence-corrected chi connectivity index (χ0v) is 5.79. The van der Waals surface area contributed by atoms with Crippen LogP contribution in [0.2, 0.25) is 0 Å². The summed E-state index contributed by atoms with van der Waals surface area (Å²) in [5.41, 5.74) is -1.11. The third kappa shape index (κ3) is 1.19. The summed E-state index contributed by atoms with van der Waals surface area (Å²) in [6.07, 6.45) is 0. The molecule has 0 spiro atoms. The van der Waals surface area contributed by atoms with Gasteiger partial charge < -0.3 is 4.85 Å². The molecule has 0 aliphatic rings. The third-order valence-corrected chi connectivity index (χ3v) is 1.25. The first-order valence-electron chi connectivity index (χ1n) is 2.83. The highest BCUT2D eigenvalue weighted by molar-refractivity contribution is 5.33. The molecule has 1 N–H and O–H groups in total. The minimum absolute atomic E-state index is 0.0405. The van der Waals surface area contributed by atoms with Crippen LogP contribution in [0.5, 0.6) is 0 Å². The molecule has 0 atom stereocenters. The van der Waals surface area contributed by atoms with Crippen LogP contribution in [-0.4, -0.2) is 9.55 Å². The summed E-state index contributed by atoms with van der Waals surface area (Å²) >= 11 is 0. The van der Waals surface area contributed by atoms with E-state index in [1.165, 1.54) is 7.05 Å². The Morgan fingerprint density at radius 3 is 2.82 bits per heavy atom. The van der Waals surface area contributed by atoms with E-state index < -0.39 is 11.2 Å². The van der Waals surface area contributed by atoms with Gasteiger partial charge in [0.05, 0.1) is 7.05 Å². The van der Waals surface area contributed by atoms with E-state index in [9.17, 15) is 9.59 Å². The van der Waals surface area contributed by atoms with Crippen LogP contribution in [-0.2, 0) is 7.05 Å². The zero-order valence-electron chi connectivity index (χ0n) is 5.79. The van der Waals surface area contributed by atoms with E-state index >= 15 is 0 Å². The largest absolute Gasteiger partial charge is 0.399 e. The highest BCUT2D eigenvalue weighted by Gasteiger charge is 1.99. The molecule has 5 nitrogen and oxygen atoms in total. The molecule has 1 heterocycles. The van der Waals surface area contributed by atoms with Gasteiger partial charge in [-0.2, -0.15) is 0 Å². The first-order chi connectivity index (χ1) is 5.15. The van der Waals surface area contributed by atoms with Gasteiger partial charge in [0, 0.05) is 6.07 Å². The monoisotopic (exact) mass is 151 g/mol. The summed E-state index contributed by atoms with van der Waals surface area (Å²) in [6.45, 7) is 6.59. The van der Waals surface area contributed by atoms with Crippen molar-refractivity contribution >= 4 is 5.82 Å². The van der Waals surface area contributed by atoms with E-state index in [1.54, 1.807) is 0 Å². The number of aromatic amines is 1. The third-order valence-electron chi connectivity index (χ3n) is 1.25. The smallest absolute Gasteiger partial charge is 0.364 e. The number of hydrogen-bond acceptors (Lipinski definition) is 2. The molecule has 0 unspecified atom stereocenters. The number of rotatable bonds is 0. The van der Waals surface area contributed by atoms with Crippen LogP contribution in [0.1, 0.15) is 0 Å². The minimum Gasteiger partial charge on any atom is -0.364 e. The van der Waals surface area contributed by atoms with Crippen molar-refractivity contribution in [1.82, 2.24) is 9.55 Å². The lowest BCUT2D eigenvalue weighted by Crippen LogP contribution is -2.26. The van der Waals surface area contributed by atoms with Gasteiger partial charge >= 0.3 is 5.69 Å². The summed E-state index contributed by atoms with van der Waals surface area (Å²) in [4.78, 5) is 26.4. The molecule has 0 saturated carbocycles. The molecule has 0 aromatic carbocycles. The normalized spacial score (nSPS) is 9.09. The van der Waals surface area contributed by atoms with Crippen LogP contribution >= 0.6 is 0 Å². The van der Waals surface area contributed by atoms with Gasteiger partial charge in [0.15, 0.2) is 0 Å². The Morgan fingerprint density at radius 2 is 2.27 bits per heavy atom. The van der Waals surface area contributed by atoms with E-state index in [4.69, 9.17) is 6.57 Å². The Balaban J connectivity index is 3.66. The Hall–Kier alpha value is -1.83. The summed E-state index contributed by atoms with van der Waals surface area (Å²) in [5.74, 6) is 0.0405. The zero-order chi connectivity index (χ0) is 8.43. The molecule has 0 fully saturated rings. The topological polar surface area (TPSA) is 59.2 Å². The predicted octanol–water partition coefficient (Wildman–Crippen LogP) is -0.376. The van der Waals surface area contributed by atoms with Crippen molar-refractivity contribution in [2.45, 2.75) is 0 Å². The molecule has 5 heteroatoms. The number of nitrogens with one attached hydrogen (secondary N) is 1. The molecular weight excluding hydrogens is 146 g/mol. The van der Waals surface area contributed by atoms with E-state index in [-0.39, 0.29) is 5.82 Å². The second-order valence-electron chi connectivity index (χ2n) is 1.97. The fraction of sp³-hybridized carbons (Fsp3) is 0.167. The predicted molar refractivity (Wildman–Crippen MR) is 38.6 cm³/mol. The van der Waals surface area contributed by atoms with Crippen molar-refractivity contribution in [3.8, 4) is 0 Å². The fourth-order valence-electron chi connectivity index (χ4n) is 0.651. The SMILES string of the molecule is [C-]#[N+]c1cc(=O)[nH]c(=O)n1C. The fourth-order valence-corrected chi connectivity index (χ4v) is 0.651. The summed E-state index contributed by atoms with van der Waals surface area (Å²) < 4.78 is 1.08. The lowest BCUT2D eigenvalue weighted by Gasteiger charge is -1.94. The highest BCUT2D eigenvalue weighted by atomic mass is 16.2. The van der Waals surface area contributed by atoms with Crippen molar-refractivity contribution < 1.29 is 0 Å². The summed E-state index contributed by atoms with van der Waals surface area (Å²) in [6, 6.07) is 1.08. The van der Waals surface area contributed by atoms with Gasteiger partial charge in [-0.3, -0.25) is 9.78 Å². The van der Waals surface area contributed by atoms with E-state index in [1.807, 2.05) is 4.98 Å². The Bertz CT molecular complexity index is 421. The van der Waals surface area contributed by atoms with Crippen molar-refractivity contribution in [3.63, 3.8) is 0 Å². The molecule has 0 aliphatic heterocycles. The minimum atomic E-state index is -0.566. The van der Waals surface area contributed by atoms with Gasteiger partial charge in [-0.25, -0.2) is 9.36 Å². The van der Waals surface area contributed by atoms with Gasteiger partial charge in [-0.15, -0.1) is 0 Å². The van der Waals surface area contributed by atoms with Crippen LogP contribution < -0.4 is 11.2 Å². The molecule has 0 saturated heterocycles. The van der Waals surface area contributed by atoms with Crippen LogP contribution in [0.15, 0.2) is 15.7 Å². The summed E-state index contributed by atoms with van der Waals surface area (Å²) in [7, 11) is 1.42. The summed E-state index contributed by atoms with van der Waals surface area (Å²) in [5, 5.41) is 0. The molecule has 1 aromatic rings. The van der Waals surface area contributed by atoms with Gasteiger partial charge in [0.1, 0.15) is 0 Å². The highest BCUT2D eigenvalue weighted by Crippen LogP contribution is 2.00. The number of H-pyrrole nitrogens is 1. The van der Waals surface area contributed by atoms with Crippen molar-refractivity contribution in [2.24, 2.45) is 7.05 Å². The van der Waals surface area contributed by atoms with Gasteiger partial charge in [0.2, 0.25) is 11.4 Å². The molecule has 0 radical (unpaired) electrons. The molecular formula is C6H5N3O2. The molecule has 0 aliphatic carbocycles. The molecule has 0 amide bonds. The van der Waals surface area contributed by atoms with Crippen LogP contribution in [0.25, 0.3) is 4.85 Å². The maximum atomic E-state index is 10.8. The van der Waals surface area contributed by atoms with Crippen molar-refractivity contribution in [2.75, 3.05) is 0 Å². The molecule has 0 bridgehead atoms. The average molecular weight is 151 g/mol. The average Bonchev–Trinajstić information content (AvgIpc) is 1.96. The quantitative estimate of drug-likeness (QED) is 0.514. The molecule has 1 rings (SSSR count). The van der Waals surface area contributed by atoms with Crippen LogP contribution in [0.4, 0.5) is 5.82 Å². The Labute approximate surface area is 61.7 Å². The Morgan fingerprint density at radius 1 is 1.64 bits per heavy atom. The first-order valence-corrected chi connectivity index (χ1v) is 2.83. The number of nitrogens with zero attached hydrogens (tertiary/aromatic N) is 2. The second kappa shape index (κ2) is 2.42. The van der Waals surface area contributed by atoms with E-state index in [0.717, 1.165) is 10.6 Å². The van der Waals surface area contributed by atoms with Crippen LogP contribution in [0, 0.1) is 6.57 Å². The molecule has 56 valence electrons. The Kier molecular flexibility index (Phi) is 1.60. The lowest BCUT2D eigenvalue weighted by molar-refractivity contribution is 0.817. The van der Waals surface area contributed by atoms with E-state index in [0.29, 0.717) is 0 Å². The number of hydrogen-bond donors (Lipinski definition) is 1. The second-order valence-corrected chi connectivity index (χ2v) is 1.97. The maximum absolute atomic E-state index is 10.8. The van der Waals surface area contributed by atoms with E-state index in [2.05, 4.69) is 4.85 Å². The number of aromatic nitrogens is 2. The first kappa shape index (κ1) is 7.28. The van der Waals surface area contributed by atoms with Gasteiger partial charge in [-0.1, -0.05) is 6.57 Å². The maximum Gasteiger partial charge on any atom is 0.399 e. The van der Waals surface area contributed by atoms with Gasteiger partial charge in [-0.05, 0) is 0 Å². The van der Waals surface area contributed by atoms with Gasteiger partial charge in [0.25, 0.3) is 0 Å². The lowest BCUT2D eigenvalue weighted by atomic mass is 10.6. The van der Waals surface area contributed by atoms with Crippen molar-refractivity contribution in [3.05, 3.63) is 38.3 Å².